The highest BCUT2D eigenvalue weighted by atomic mass is 35.5. The predicted octanol–water partition coefficient (Wildman–Crippen LogP) is 5.61. The Morgan fingerprint density at radius 2 is 1.80 bits per heavy atom. The van der Waals surface area contributed by atoms with Crippen LogP contribution in [0.15, 0.2) is 30.3 Å². The zero-order chi connectivity index (χ0) is 18.1. The van der Waals surface area contributed by atoms with E-state index in [-0.39, 0.29) is 12.6 Å². The van der Waals surface area contributed by atoms with Gasteiger partial charge in [0, 0.05) is 12.6 Å². The second kappa shape index (κ2) is 7.14. The average molecular weight is 389 g/mol. The maximum atomic E-state index is 13.7. The number of rotatable bonds is 4. The Morgan fingerprint density at radius 3 is 2.44 bits per heavy atom. The van der Waals surface area contributed by atoms with E-state index < -0.39 is 29.2 Å². The number of anilines is 1. The maximum Gasteiger partial charge on any atom is 0.322 e. The number of nitrogens with one attached hydrogen (secondary N) is 1. The van der Waals surface area contributed by atoms with Gasteiger partial charge in [0.2, 0.25) is 0 Å². The van der Waals surface area contributed by atoms with Crippen LogP contribution in [0.25, 0.3) is 0 Å². The van der Waals surface area contributed by atoms with E-state index in [9.17, 15) is 18.0 Å². The molecule has 0 spiro atoms. The summed E-state index contributed by atoms with van der Waals surface area (Å²) in [6, 6.07) is 6.14. The minimum atomic E-state index is -1.62. The second-order valence-corrected chi connectivity index (χ2v) is 6.57. The van der Waals surface area contributed by atoms with Gasteiger partial charge >= 0.3 is 6.03 Å². The number of hydrogen-bond acceptors (Lipinski definition) is 1. The largest absolute Gasteiger partial charge is 0.322 e. The molecule has 2 aromatic rings. The fourth-order valence-electron chi connectivity index (χ4n) is 2.40. The van der Waals surface area contributed by atoms with Crippen LogP contribution >= 0.6 is 23.2 Å². The Hall–Kier alpha value is -1.92. The average Bonchev–Trinajstić information content (AvgIpc) is 3.41. The molecule has 0 radical (unpaired) electrons. The molecule has 0 heterocycles. The lowest BCUT2D eigenvalue weighted by atomic mass is 10.2. The number of carbonyl (C=O) groups excluding carboxylic acids is 1. The van der Waals surface area contributed by atoms with Crippen molar-refractivity contribution in [1.82, 2.24) is 4.90 Å². The van der Waals surface area contributed by atoms with Crippen LogP contribution in [-0.4, -0.2) is 17.0 Å². The fourth-order valence-corrected chi connectivity index (χ4v) is 2.72. The first kappa shape index (κ1) is 17.9. The molecule has 0 saturated heterocycles. The van der Waals surface area contributed by atoms with Gasteiger partial charge in [-0.25, -0.2) is 18.0 Å². The Morgan fingerprint density at radius 1 is 1.08 bits per heavy atom. The van der Waals surface area contributed by atoms with Crippen LogP contribution in [0, 0.1) is 17.5 Å². The highest BCUT2D eigenvalue weighted by molar-refractivity contribution is 6.42. The first-order valence-corrected chi connectivity index (χ1v) is 8.27. The summed E-state index contributed by atoms with van der Waals surface area (Å²) >= 11 is 11.9. The van der Waals surface area contributed by atoms with Crippen molar-refractivity contribution in [3.05, 3.63) is 63.4 Å². The van der Waals surface area contributed by atoms with Crippen LogP contribution in [0.1, 0.15) is 18.4 Å². The minimum Gasteiger partial charge on any atom is -0.317 e. The van der Waals surface area contributed by atoms with Gasteiger partial charge in [-0.1, -0.05) is 29.3 Å². The molecule has 1 fully saturated rings. The van der Waals surface area contributed by atoms with Crippen molar-refractivity contribution < 1.29 is 18.0 Å². The number of carbonyl (C=O) groups is 1. The molecular formula is C17H13Cl2F3N2O. The van der Waals surface area contributed by atoms with E-state index in [1.807, 2.05) is 0 Å². The lowest BCUT2D eigenvalue weighted by Crippen LogP contribution is -2.36. The zero-order valence-corrected chi connectivity index (χ0v) is 14.3. The summed E-state index contributed by atoms with van der Waals surface area (Å²) < 4.78 is 40.0. The quantitative estimate of drug-likeness (QED) is 0.678. The highest BCUT2D eigenvalue weighted by Gasteiger charge is 2.33. The molecular weight excluding hydrogens is 376 g/mol. The van der Waals surface area contributed by atoms with Crippen molar-refractivity contribution in [3.63, 3.8) is 0 Å². The maximum absolute atomic E-state index is 13.7. The second-order valence-electron chi connectivity index (χ2n) is 5.76. The SMILES string of the molecule is O=C(Nc1ccc(F)c(F)c1F)N(Cc1ccc(Cl)c(Cl)c1)C1CC1. The summed E-state index contributed by atoms with van der Waals surface area (Å²) in [6.45, 7) is 0.235. The standard InChI is InChI=1S/C17H13Cl2F3N2O/c18-11-4-1-9(7-12(11)19)8-24(10-2-3-10)17(25)23-14-6-5-13(20)15(21)16(14)22/h1,4-7,10H,2-3,8H2,(H,23,25). The van der Waals surface area contributed by atoms with Crippen molar-refractivity contribution in [2.75, 3.05) is 5.32 Å². The van der Waals surface area contributed by atoms with Crippen molar-refractivity contribution >= 4 is 34.9 Å². The zero-order valence-electron chi connectivity index (χ0n) is 12.8. The first-order valence-electron chi connectivity index (χ1n) is 7.52. The van der Waals surface area contributed by atoms with E-state index in [2.05, 4.69) is 5.32 Å². The molecule has 0 atom stereocenters. The van der Waals surface area contributed by atoms with Crippen molar-refractivity contribution in [2.24, 2.45) is 0 Å². The molecule has 3 nitrogen and oxygen atoms in total. The molecule has 132 valence electrons. The highest BCUT2D eigenvalue weighted by Crippen LogP contribution is 2.31. The molecule has 2 amide bonds. The van der Waals surface area contributed by atoms with Crippen LogP contribution in [-0.2, 0) is 6.54 Å². The van der Waals surface area contributed by atoms with E-state index in [1.54, 1.807) is 18.2 Å². The Balaban J connectivity index is 1.78. The lowest BCUT2D eigenvalue weighted by Gasteiger charge is -2.23. The molecule has 1 aliphatic rings. The van der Waals surface area contributed by atoms with Crippen LogP contribution in [0.3, 0.4) is 0 Å². The Bertz CT molecular complexity index is 828. The monoisotopic (exact) mass is 388 g/mol. The number of urea groups is 1. The molecule has 1 N–H and O–H groups in total. The third kappa shape index (κ3) is 4.02. The normalized spacial score (nSPS) is 13.6. The summed E-state index contributed by atoms with van der Waals surface area (Å²) in [4.78, 5) is 14.0. The van der Waals surface area contributed by atoms with Gasteiger partial charge in [-0.2, -0.15) is 0 Å². The van der Waals surface area contributed by atoms with Crippen molar-refractivity contribution in [3.8, 4) is 0 Å². The van der Waals surface area contributed by atoms with Gasteiger partial charge in [-0.3, -0.25) is 0 Å². The van der Waals surface area contributed by atoms with Gasteiger partial charge in [0.15, 0.2) is 17.5 Å². The number of amides is 2. The fraction of sp³-hybridized carbons (Fsp3) is 0.235. The topological polar surface area (TPSA) is 32.3 Å². The number of benzene rings is 2. The summed E-state index contributed by atoms with van der Waals surface area (Å²) in [5.41, 5.74) is 0.339. The number of halogens is 5. The molecule has 1 saturated carbocycles. The lowest BCUT2D eigenvalue weighted by molar-refractivity contribution is 0.206. The van der Waals surface area contributed by atoms with Crippen LogP contribution in [0.2, 0.25) is 10.0 Å². The van der Waals surface area contributed by atoms with Crippen LogP contribution < -0.4 is 5.32 Å². The Labute approximate surface area is 152 Å². The van der Waals surface area contributed by atoms with Crippen LogP contribution in [0.4, 0.5) is 23.7 Å². The van der Waals surface area contributed by atoms with Gasteiger partial charge < -0.3 is 10.2 Å². The summed E-state index contributed by atoms with van der Waals surface area (Å²) in [7, 11) is 0. The molecule has 1 aliphatic carbocycles. The molecule has 0 aliphatic heterocycles. The van der Waals surface area contributed by atoms with E-state index in [1.165, 1.54) is 4.90 Å². The third-order valence-corrected chi connectivity index (χ3v) is 4.60. The summed E-state index contributed by atoms with van der Waals surface area (Å²) in [6.07, 6.45) is 1.63. The van der Waals surface area contributed by atoms with Crippen LogP contribution in [0.5, 0.6) is 0 Å². The molecule has 0 bridgehead atoms. The molecule has 0 unspecified atom stereocenters. The first-order chi connectivity index (χ1) is 11.9. The van der Waals surface area contributed by atoms with Gasteiger partial charge in [0.25, 0.3) is 0 Å². The molecule has 0 aromatic heterocycles. The molecule has 2 aromatic carbocycles. The van der Waals surface area contributed by atoms with E-state index in [0.29, 0.717) is 10.0 Å². The van der Waals surface area contributed by atoms with Gasteiger partial charge in [-0.05, 0) is 42.7 Å². The van der Waals surface area contributed by atoms with Gasteiger partial charge in [0.1, 0.15) is 0 Å². The summed E-state index contributed by atoms with van der Waals surface area (Å²) in [5.74, 6) is -4.37. The smallest absolute Gasteiger partial charge is 0.317 e. The van der Waals surface area contributed by atoms with Crippen molar-refractivity contribution in [1.29, 1.82) is 0 Å². The predicted molar refractivity (Wildman–Crippen MR) is 90.4 cm³/mol. The Kier molecular flexibility index (Phi) is 5.11. The van der Waals surface area contributed by atoms with Gasteiger partial charge in [0.05, 0.1) is 15.7 Å². The molecule has 8 heteroatoms. The van der Waals surface area contributed by atoms with E-state index >= 15 is 0 Å². The molecule has 25 heavy (non-hydrogen) atoms. The third-order valence-electron chi connectivity index (χ3n) is 3.86. The number of nitrogens with zero attached hydrogens (tertiary/aromatic N) is 1. The van der Waals surface area contributed by atoms with Crippen molar-refractivity contribution in [2.45, 2.75) is 25.4 Å². The summed E-state index contributed by atoms with van der Waals surface area (Å²) in [5, 5.41) is 3.05. The minimum absolute atomic E-state index is 0.00260. The number of hydrogen-bond donors (Lipinski definition) is 1. The van der Waals surface area contributed by atoms with Gasteiger partial charge in [-0.15, -0.1) is 0 Å². The molecule has 3 rings (SSSR count). The van der Waals surface area contributed by atoms with E-state index in [0.717, 1.165) is 30.5 Å². The van der Waals surface area contributed by atoms with E-state index in [4.69, 9.17) is 23.2 Å².